The topological polar surface area (TPSA) is 18.8 Å². The summed E-state index contributed by atoms with van der Waals surface area (Å²) in [5.41, 5.74) is 0.610. The zero-order valence-corrected chi connectivity index (χ0v) is 14.8. The van der Waals surface area contributed by atoms with E-state index in [4.69, 9.17) is 11.6 Å². The van der Waals surface area contributed by atoms with Crippen LogP contribution >= 0.6 is 11.6 Å². The Balaban J connectivity index is 1.56. The SMILES string of the molecule is FC(F)(F)c1ccccc1C=NN1CCN(Cc2ccc(Cl)cc2)CC1. The molecule has 1 saturated heterocycles. The predicted octanol–water partition coefficient (Wildman–Crippen LogP) is 4.51. The van der Waals surface area contributed by atoms with Gasteiger partial charge in [0.1, 0.15) is 0 Å². The van der Waals surface area contributed by atoms with E-state index in [0.717, 1.165) is 25.7 Å². The van der Waals surface area contributed by atoms with Crippen molar-refractivity contribution in [3.05, 3.63) is 70.2 Å². The highest BCUT2D eigenvalue weighted by Crippen LogP contribution is 2.31. The molecule has 138 valence electrons. The largest absolute Gasteiger partial charge is 0.417 e. The van der Waals surface area contributed by atoms with E-state index in [9.17, 15) is 13.2 Å². The number of halogens is 4. The molecule has 0 radical (unpaired) electrons. The highest BCUT2D eigenvalue weighted by atomic mass is 35.5. The number of hydrogen-bond donors (Lipinski definition) is 0. The summed E-state index contributed by atoms with van der Waals surface area (Å²) in [6.45, 7) is 3.80. The fourth-order valence-electron chi connectivity index (χ4n) is 2.87. The summed E-state index contributed by atoms with van der Waals surface area (Å²) in [4.78, 5) is 2.29. The molecular weight excluding hydrogens is 363 g/mol. The van der Waals surface area contributed by atoms with Crippen molar-refractivity contribution >= 4 is 17.8 Å². The molecule has 0 spiro atoms. The van der Waals surface area contributed by atoms with Gasteiger partial charge in [-0.3, -0.25) is 9.91 Å². The molecule has 3 nitrogen and oxygen atoms in total. The molecule has 1 fully saturated rings. The molecule has 1 heterocycles. The Labute approximate surface area is 155 Å². The van der Waals surface area contributed by atoms with E-state index in [1.807, 2.05) is 29.3 Å². The smallest absolute Gasteiger partial charge is 0.295 e. The van der Waals surface area contributed by atoms with Crippen molar-refractivity contribution in [1.82, 2.24) is 9.91 Å². The maximum absolute atomic E-state index is 13.0. The monoisotopic (exact) mass is 381 g/mol. The van der Waals surface area contributed by atoms with Gasteiger partial charge in [-0.2, -0.15) is 18.3 Å². The van der Waals surface area contributed by atoms with Gasteiger partial charge in [0.25, 0.3) is 0 Å². The van der Waals surface area contributed by atoms with E-state index in [0.29, 0.717) is 18.1 Å². The van der Waals surface area contributed by atoms with Gasteiger partial charge in [0.15, 0.2) is 0 Å². The van der Waals surface area contributed by atoms with Crippen LogP contribution in [0.25, 0.3) is 0 Å². The molecule has 0 N–H and O–H groups in total. The van der Waals surface area contributed by atoms with Crippen molar-refractivity contribution in [2.24, 2.45) is 5.10 Å². The first-order valence-electron chi connectivity index (χ1n) is 8.34. The minimum Gasteiger partial charge on any atom is -0.295 e. The second-order valence-corrected chi connectivity index (χ2v) is 6.62. The molecule has 2 aromatic carbocycles. The molecule has 0 unspecified atom stereocenters. The van der Waals surface area contributed by atoms with Crippen LogP contribution in [0, 0.1) is 0 Å². The number of nitrogens with zero attached hydrogens (tertiary/aromatic N) is 3. The average molecular weight is 382 g/mol. The van der Waals surface area contributed by atoms with Crippen LogP contribution in [0.4, 0.5) is 13.2 Å². The van der Waals surface area contributed by atoms with Crippen LogP contribution < -0.4 is 0 Å². The highest BCUT2D eigenvalue weighted by Gasteiger charge is 2.32. The van der Waals surface area contributed by atoms with Crippen molar-refractivity contribution < 1.29 is 13.2 Å². The first-order valence-corrected chi connectivity index (χ1v) is 8.71. The van der Waals surface area contributed by atoms with Gasteiger partial charge in [-0.1, -0.05) is 41.9 Å². The lowest BCUT2D eigenvalue weighted by Crippen LogP contribution is -2.43. The van der Waals surface area contributed by atoms with E-state index >= 15 is 0 Å². The van der Waals surface area contributed by atoms with Gasteiger partial charge in [0.05, 0.1) is 11.8 Å². The Morgan fingerprint density at radius 2 is 1.62 bits per heavy atom. The summed E-state index contributed by atoms with van der Waals surface area (Å²) in [6.07, 6.45) is -3.07. The molecule has 7 heteroatoms. The zero-order valence-electron chi connectivity index (χ0n) is 14.1. The Bertz CT molecular complexity index is 751. The minimum absolute atomic E-state index is 0.0867. The molecule has 3 rings (SSSR count). The number of piperazine rings is 1. The van der Waals surface area contributed by atoms with Crippen molar-refractivity contribution in [3.8, 4) is 0 Å². The van der Waals surface area contributed by atoms with Gasteiger partial charge >= 0.3 is 6.18 Å². The van der Waals surface area contributed by atoms with Gasteiger partial charge in [-0.25, -0.2) is 0 Å². The maximum atomic E-state index is 13.0. The van der Waals surface area contributed by atoms with Crippen LogP contribution in [-0.2, 0) is 12.7 Å². The third-order valence-corrected chi connectivity index (χ3v) is 4.55. The van der Waals surface area contributed by atoms with Crippen molar-refractivity contribution in [1.29, 1.82) is 0 Å². The van der Waals surface area contributed by atoms with Gasteiger partial charge in [0.2, 0.25) is 0 Å². The molecule has 0 atom stereocenters. The van der Waals surface area contributed by atoms with Gasteiger partial charge in [0, 0.05) is 43.3 Å². The molecule has 1 aliphatic heterocycles. The maximum Gasteiger partial charge on any atom is 0.417 e. The van der Waals surface area contributed by atoms with Crippen LogP contribution in [0.2, 0.25) is 5.02 Å². The van der Waals surface area contributed by atoms with Crippen LogP contribution in [0.3, 0.4) is 0 Å². The lowest BCUT2D eigenvalue weighted by atomic mass is 10.1. The Morgan fingerprint density at radius 3 is 2.27 bits per heavy atom. The quantitative estimate of drug-likeness (QED) is 0.726. The summed E-state index contributed by atoms with van der Waals surface area (Å²) in [6, 6.07) is 13.2. The number of hydrazone groups is 1. The lowest BCUT2D eigenvalue weighted by Gasteiger charge is -2.33. The first kappa shape index (κ1) is 18.7. The average Bonchev–Trinajstić information content (AvgIpc) is 2.62. The van der Waals surface area contributed by atoms with Gasteiger partial charge < -0.3 is 0 Å². The molecule has 2 aromatic rings. The summed E-state index contributed by atoms with van der Waals surface area (Å²) in [5.74, 6) is 0. The van der Waals surface area contributed by atoms with Gasteiger partial charge in [-0.15, -0.1) is 0 Å². The van der Waals surface area contributed by atoms with Crippen LogP contribution in [0.15, 0.2) is 53.6 Å². The van der Waals surface area contributed by atoms with E-state index in [1.54, 1.807) is 6.07 Å². The summed E-state index contributed by atoms with van der Waals surface area (Å²) in [5, 5.41) is 6.77. The van der Waals surface area contributed by atoms with E-state index < -0.39 is 11.7 Å². The summed E-state index contributed by atoms with van der Waals surface area (Å²) < 4.78 is 39.0. The van der Waals surface area contributed by atoms with E-state index in [-0.39, 0.29) is 5.56 Å². The van der Waals surface area contributed by atoms with Crippen LogP contribution in [-0.4, -0.2) is 42.3 Å². The summed E-state index contributed by atoms with van der Waals surface area (Å²) in [7, 11) is 0. The first-order chi connectivity index (χ1) is 12.4. The third-order valence-electron chi connectivity index (χ3n) is 4.29. The van der Waals surface area contributed by atoms with Crippen LogP contribution in [0.1, 0.15) is 16.7 Å². The molecular formula is C19H19ClF3N3. The molecule has 0 aromatic heterocycles. The number of hydrogen-bond acceptors (Lipinski definition) is 3. The summed E-state index contributed by atoms with van der Waals surface area (Å²) >= 11 is 5.89. The Morgan fingerprint density at radius 1 is 0.962 bits per heavy atom. The Hall–Kier alpha value is -2.05. The van der Waals surface area contributed by atoms with Crippen molar-refractivity contribution in [2.45, 2.75) is 12.7 Å². The second-order valence-electron chi connectivity index (χ2n) is 6.19. The molecule has 0 bridgehead atoms. The molecule has 26 heavy (non-hydrogen) atoms. The lowest BCUT2D eigenvalue weighted by molar-refractivity contribution is -0.137. The normalized spacial score (nSPS) is 16.4. The Kier molecular flexibility index (Phi) is 5.84. The molecule has 1 aliphatic rings. The standard InChI is InChI=1S/C19H19ClF3N3/c20-17-7-5-15(6-8-17)14-25-9-11-26(12-10-25)24-13-16-3-1-2-4-18(16)19(21,22)23/h1-8,13H,9-12,14H2. The zero-order chi connectivity index (χ0) is 18.6. The van der Waals surface area contributed by atoms with Crippen molar-refractivity contribution in [3.63, 3.8) is 0 Å². The number of rotatable bonds is 4. The van der Waals surface area contributed by atoms with E-state index in [2.05, 4.69) is 10.0 Å². The molecule has 0 aliphatic carbocycles. The van der Waals surface area contributed by atoms with Crippen molar-refractivity contribution in [2.75, 3.05) is 26.2 Å². The fraction of sp³-hybridized carbons (Fsp3) is 0.316. The number of benzene rings is 2. The number of alkyl halides is 3. The van der Waals surface area contributed by atoms with Gasteiger partial charge in [-0.05, 0) is 23.8 Å². The fourth-order valence-corrected chi connectivity index (χ4v) is 3.00. The highest BCUT2D eigenvalue weighted by molar-refractivity contribution is 6.30. The van der Waals surface area contributed by atoms with Crippen LogP contribution in [0.5, 0.6) is 0 Å². The molecule has 0 saturated carbocycles. The molecule has 0 amide bonds. The minimum atomic E-state index is -4.38. The predicted molar refractivity (Wildman–Crippen MR) is 97.3 cm³/mol. The third kappa shape index (κ3) is 4.99. The second kappa shape index (κ2) is 8.10. The van der Waals surface area contributed by atoms with E-state index in [1.165, 1.54) is 23.9 Å².